The fourth-order valence-electron chi connectivity index (χ4n) is 2.93. The second-order valence-electron chi connectivity index (χ2n) is 4.80. The zero-order valence-corrected chi connectivity index (χ0v) is 10.1. The van der Waals surface area contributed by atoms with Gasteiger partial charge in [0.15, 0.2) is 0 Å². The van der Waals surface area contributed by atoms with Gasteiger partial charge in [-0.15, -0.1) is 0 Å². The normalized spacial score (nSPS) is 11.6. The quantitative estimate of drug-likeness (QED) is 0.466. The SMILES string of the molecule is [NH]C(=O)c1ccc2ccc3cccc4ccc1c2c34. The Kier molecular flexibility index (Phi) is 1.88. The van der Waals surface area contributed by atoms with Crippen molar-refractivity contribution in [1.29, 1.82) is 0 Å². The van der Waals surface area contributed by atoms with Gasteiger partial charge in [-0.2, -0.15) is 0 Å². The molecule has 19 heavy (non-hydrogen) atoms. The van der Waals surface area contributed by atoms with Gasteiger partial charge in [0.25, 0.3) is 5.91 Å². The Labute approximate surface area is 109 Å². The summed E-state index contributed by atoms with van der Waals surface area (Å²) in [5.74, 6) is -0.627. The average Bonchev–Trinajstić information content (AvgIpc) is 2.44. The van der Waals surface area contributed by atoms with Crippen LogP contribution in [0.5, 0.6) is 0 Å². The Morgan fingerprint density at radius 2 is 1.32 bits per heavy atom. The minimum atomic E-state index is -0.627. The fraction of sp³-hybridized carbons (Fsp3) is 0. The second kappa shape index (κ2) is 3.45. The lowest BCUT2D eigenvalue weighted by molar-refractivity contribution is 0.0993. The highest BCUT2D eigenvalue weighted by atomic mass is 16.1. The molecule has 4 rings (SSSR count). The molecule has 0 bridgehead atoms. The number of amides is 1. The summed E-state index contributed by atoms with van der Waals surface area (Å²) in [5, 5.41) is 6.61. The van der Waals surface area contributed by atoms with Crippen molar-refractivity contribution in [2.45, 2.75) is 0 Å². The number of nitrogens with one attached hydrogen (secondary N) is 1. The van der Waals surface area contributed by atoms with Crippen LogP contribution in [-0.2, 0) is 0 Å². The minimum Gasteiger partial charge on any atom is -0.267 e. The number of benzene rings is 4. The average molecular weight is 244 g/mol. The van der Waals surface area contributed by atoms with E-state index >= 15 is 0 Å². The number of hydrogen-bond donors (Lipinski definition) is 0. The smallest absolute Gasteiger partial charge is 0.267 e. The molecule has 0 atom stereocenters. The van der Waals surface area contributed by atoms with Gasteiger partial charge in [0.2, 0.25) is 0 Å². The van der Waals surface area contributed by atoms with Gasteiger partial charge in [0.1, 0.15) is 0 Å². The Bertz CT molecular complexity index is 924. The molecule has 89 valence electrons. The van der Waals surface area contributed by atoms with Crippen LogP contribution in [0.25, 0.3) is 32.3 Å². The van der Waals surface area contributed by atoms with Gasteiger partial charge in [-0.25, -0.2) is 0 Å². The molecule has 1 radical (unpaired) electrons. The number of rotatable bonds is 1. The molecule has 0 aliphatic rings. The monoisotopic (exact) mass is 244 g/mol. The lowest BCUT2D eigenvalue weighted by atomic mass is 9.92. The first-order chi connectivity index (χ1) is 9.25. The topological polar surface area (TPSA) is 40.9 Å². The molecule has 0 saturated carbocycles. The van der Waals surface area contributed by atoms with Gasteiger partial charge in [0.05, 0.1) is 0 Å². The van der Waals surface area contributed by atoms with Crippen LogP contribution >= 0.6 is 0 Å². The first-order valence-electron chi connectivity index (χ1n) is 6.18. The van der Waals surface area contributed by atoms with E-state index in [1.165, 1.54) is 16.2 Å². The molecule has 2 heteroatoms. The van der Waals surface area contributed by atoms with Crippen molar-refractivity contribution in [3.05, 3.63) is 60.2 Å². The van der Waals surface area contributed by atoms with E-state index in [2.05, 4.69) is 24.3 Å². The molecule has 0 saturated heterocycles. The van der Waals surface area contributed by atoms with Crippen molar-refractivity contribution in [2.24, 2.45) is 0 Å². The van der Waals surface area contributed by atoms with Gasteiger partial charge >= 0.3 is 0 Å². The van der Waals surface area contributed by atoms with Crippen LogP contribution in [0.3, 0.4) is 0 Å². The van der Waals surface area contributed by atoms with Gasteiger partial charge in [-0.1, -0.05) is 48.5 Å². The highest BCUT2D eigenvalue weighted by Gasteiger charge is 2.12. The van der Waals surface area contributed by atoms with Gasteiger partial charge in [0, 0.05) is 5.56 Å². The molecule has 0 aromatic heterocycles. The summed E-state index contributed by atoms with van der Waals surface area (Å²) in [6.07, 6.45) is 0. The summed E-state index contributed by atoms with van der Waals surface area (Å²) in [6, 6.07) is 18.0. The lowest BCUT2D eigenvalue weighted by Gasteiger charge is -2.12. The Morgan fingerprint density at radius 1 is 0.737 bits per heavy atom. The maximum Gasteiger partial charge on any atom is 0.270 e. The van der Waals surface area contributed by atoms with Gasteiger partial charge in [-0.05, 0) is 38.4 Å². The first-order valence-corrected chi connectivity index (χ1v) is 6.18. The molecule has 1 amide bonds. The van der Waals surface area contributed by atoms with Crippen molar-refractivity contribution in [3.8, 4) is 0 Å². The van der Waals surface area contributed by atoms with Gasteiger partial charge < -0.3 is 0 Å². The van der Waals surface area contributed by atoms with E-state index < -0.39 is 5.91 Å². The summed E-state index contributed by atoms with van der Waals surface area (Å²) in [5.41, 5.74) is 7.87. The summed E-state index contributed by atoms with van der Waals surface area (Å²) in [4.78, 5) is 11.5. The van der Waals surface area contributed by atoms with Crippen LogP contribution in [0.2, 0.25) is 0 Å². The summed E-state index contributed by atoms with van der Waals surface area (Å²) in [6.45, 7) is 0. The van der Waals surface area contributed by atoms with Crippen LogP contribution in [0.15, 0.2) is 54.6 Å². The molecule has 0 aliphatic heterocycles. The highest BCUT2D eigenvalue weighted by molar-refractivity contribution is 6.26. The summed E-state index contributed by atoms with van der Waals surface area (Å²) < 4.78 is 0. The van der Waals surface area contributed by atoms with Crippen LogP contribution in [0.1, 0.15) is 10.4 Å². The molecule has 0 unspecified atom stereocenters. The predicted molar refractivity (Wildman–Crippen MR) is 77.6 cm³/mol. The van der Waals surface area contributed by atoms with E-state index in [1.807, 2.05) is 24.3 Å². The molecule has 0 aliphatic carbocycles. The van der Waals surface area contributed by atoms with E-state index in [0.717, 1.165) is 16.2 Å². The maximum absolute atomic E-state index is 11.5. The first kappa shape index (κ1) is 10.3. The zero-order valence-electron chi connectivity index (χ0n) is 10.1. The van der Waals surface area contributed by atoms with Crippen molar-refractivity contribution < 1.29 is 4.79 Å². The Hall–Kier alpha value is -2.61. The van der Waals surface area contributed by atoms with E-state index in [9.17, 15) is 4.79 Å². The molecule has 2 nitrogen and oxygen atoms in total. The van der Waals surface area contributed by atoms with E-state index in [-0.39, 0.29) is 0 Å². The maximum atomic E-state index is 11.5. The van der Waals surface area contributed by atoms with E-state index in [1.54, 1.807) is 6.07 Å². The third-order valence-electron chi connectivity index (χ3n) is 3.77. The van der Waals surface area contributed by atoms with E-state index in [0.29, 0.717) is 5.56 Å². The van der Waals surface area contributed by atoms with Crippen LogP contribution in [0, 0.1) is 0 Å². The van der Waals surface area contributed by atoms with Crippen LogP contribution in [-0.4, -0.2) is 5.91 Å². The third kappa shape index (κ3) is 1.28. The molecule has 0 spiro atoms. The molecular formula is C17H10NO. The van der Waals surface area contributed by atoms with Crippen molar-refractivity contribution in [1.82, 2.24) is 5.73 Å². The fourth-order valence-corrected chi connectivity index (χ4v) is 2.93. The standard InChI is InChI=1S/C17H10NO/c18-17(19)14-9-7-12-5-4-10-2-1-3-11-6-8-13(14)16(12)15(10)11/h1-9,18H. The van der Waals surface area contributed by atoms with Gasteiger partial charge in [-0.3, -0.25) is 10.5 Å². The van der Waals surface area contributed by atoms with Crippen molar-refractivity contribution in [3.63, 3.8) is 0 Å². The Morgan fingerprint density at radius 3 is 2.00 bits per heavy atom. The summed E-state index contributed by atoms with van der Waals surface area (Å²) in [7, 11) is 0. The van der Waals surface area contributed by atoms with Crippen molar-refractivity contribution in [2.75, 3.05) is 0 Å². The number of carbonyl (C=O) groups is 1. The lowest BCUT2D eigenvalue weighted by Crippen LogP contribution is -2.00. The molecule has 1 N–H and O–H groups in total. The summed E-state index contributed by atoms with van der Waals surface area (Å²) >= 11 is 0. The highest BCUT2D eigenvalue weighted by Crippen LogP contribution is 2.35. The minimum absolute atomic E-state index is 0.478. The third-order valence-corrected chi connectivity index (χ3v) is 3.77. The number of hydrogen-bond acceptors (Lipinski definition) is 1. The second-order valence-corrected chi connectivity index (χ2v) is 4.80. The largest absolute Gasteiger partial charge is 0.270 e. The molecule has 4 aromatic carbocycles. The molecule has 0 fully saturated rings. The Balaban J connectivity index is 2.38. The van der Waals surface area contributed by atoms with Crippen LogP contribution < -0.4 is 5.73 Å². The molecule has 0 heterocycles. The van der Waals surface area contributed by atoms with Crippen molar-refractivity contribution >= 4 is 38.2 Å². The van der Waals surface area contributed by atoms with E-state index in [4.69, 9.17) is 5.73 Å². The predicted octanol–water partition coefficient (Wildman–Crippen LogP) is 4.01. The molecule has 4 aromatic rings. The number of carbonyl (C=O) groups excluding carboxylic acids is 1. The van der Waals surface area contributed by atoms with Crippen LogP contribution in [0.4, 0.5) is 0 Å². The zero-order chi connectivity index (χ0) is 13.0. The molecular weight excluding hydrogens is 234 g/mol.